The van der Waals surface area contributed by atoms with Crippen LogP contribution < -0.4 is 0 Å². The van der Waals surface area contributed by atoms with Crippen LogP contribution in [0.4, 0.5) is 0 Å². The summed E-state index contributed by atoms with van der Waals surface area (Å²) in [7, 11) is 0. The Bertz CT molecular complexity index is 125. The molecule has 0 amide bonds. The van der Waals surface area contributed by atoms with E-state index in [-0.39, 0.29) is 6.61 Å². The Balaban J connectivity index is 3.52. The highest BCUT2D eigenvalue weighted by atomic mass is 16.2. The maximum Gasteiger partial charge on any atom is 0.104 e. The molecule has 0 unspecified atom stereocenters. The molecular weight excluding hydrogens is 100 g/mol. The molecule has 8 heavy (non-hydrogen) atoms. The van der Waals surface area contributed by atoms with Gasteiger partial charge in [-0.2, -0.15) is 0 Å². The van der Waals surface area contributed by atoms with E-state index in [9.17, 15) is 0 Å². The van der Waals surface area contributed by atoms with Crippen molar-refractivity contribution >= 4 is 0 Å². The van der Waals surface area contributed by atoms with E-state index in [0.29, 0.717) is 0 Å². The van der Waals surface area contributed by atoms with E-state index < -0.39 is 0 Å². The average Bonchev–Trinajstić information content (AvgIpc) is 1.83. The summed E-state index contributed by atoms with van der Waals surface area (Å²) in [4.78, 5) is 0. The molecule has 1 nitrogen and oxygen atoms in total. The smallest absolute Gasteiger partial charge is 0.104 e. The van der Waals surface area contributed by atoms with Gasteiger partial charge < -0.3 is 5.11 Å². The number of aliphatic hydroxyl groups is 1. The molecule has 0 aromatic carbocycles. The number of allylic oxidation sites excluding steroid dienone is 1. The third kappa shape index (κ3) is 3.45. The van der Waals surface area contributed by atoms with Gasteiger partial charge in [0.15, 0.2) is 0 Å². The van der Waals surface area contributed by atoms with Crippen molar-refractivity contribution in [2.45, 2.75) is 13.3 Å². The monoisotopic (exact) mass is 110 g/mol. The molecule has 0 heterocycles. The first-order valence-corrected chi connectivity index (χ1v) is 2.58. The molecule has 1 N–H and O–H groups in total. The summed E-state index contributed by atoms with van der Waals surface area (Å²) in [6.45, 7) is 5.54. The molecule has 0 atom stereocenters. The first-order valence-electron chi connectivity index (χ1n) is 2.58. The van der Waals surface area contributed by atoms with Crippen LogP contribution in [0.5, 0.6) is 0 Å². The lowest BCUT2D eigenvalue weighted by Crippen LogP contribution is -1.74. The highest BCUT2D eigenvalue weighted by molar-refractivity contribution is 5.24. The van der Waals surface area contributed by atoms with Gasteiger partial charge in [0.2, 0.25) is 0 Å². The number of hydrogen-bond donors (Lipinski definition) is 1. The van der Waals surface area contributed by atoms with Crippen molar-refractivity contribution in [2.75, 3.05) is 6.61 Å². The topological polar surface area (TPSA) is 20.2 Å². The highest BCUT2D eigenvalue weighted by Crippen LogP contribution is 1.90. The molecule has 0 saturated heterocycles. The Hall–Kier alpha value is -0.740. The molecule has 0 rings (SSSR count). The van der Waals surface area contributed by atoms with E-state index in [2.05, 4.69) is 18.4 Å². The van der Waals surface area contributed by atoms with E-state index >= 15 is 0 Å². The van der Waals surface area contributed by atoms with Crippen LogP contribution in [-0.4, -0.2) is 11.7 Å². The third-order valence-electron chi connectivity index (χ3n) is 0.771. The van der Waals surface area contributed by atoms with Crippen LogP contribution in [0.2, 0.25) is 0 Å². The third-order valence-corrected chi connectivity index (χ3v) is 0.771. The normalized spacial score (nSPS) is 7.25. The molecule has 0 radical (unpaired) electrons. The van der Waals surface area contributed by atoms with E-state index in [1.165, 1.54) is 0 Å². The largest absolute Gasteiger partial charge is 0.384 e. The van der Waals surface area contributed by atoms with Crippen molar-refractivity contribution in [1.82, 2.24) is 0 Å². The highest BCUT2D eigenvalue weighted by Gasteiger charge is 1.76. The lowest BCUT2D eigenvalue weighted by atomic mass is 10.2. The summed E-state index contributed by atoms with van der Waals surface area (Å²) in [6.07, 6.45) is 0.868. The minimum atomic E-state index is -0.0704. The Labute approximate surface area is 50.0 Å². The maximum atomic E-state index is 8.20. The quantitative estimate of drug-likeness (QED) is 0.498. The SMILES string of the molecule is C=C(C#CCO)CC. The van der Waals surface area contributed by atoms with Crippen LogP contribution in [0.25, 0.3) is 0 Å². The van der Waals surface area contributed by atoms with Crippen molar-refractivity contribution in [3.8, 4) is 11.8 Å². The van der Waals surface area contributed by atoms with Gasteiger partial charge in [0.05, 0.1) is 0 Å². The van der Waals surface area contributed by atoms with Crippen molar-refractivity contribution in [2.24, 2.45) is 0 Å². The van der Waals surface area contributed by atoms with Gasteiger partial charge in [-0.3, -0.25) is 0 Å². The van der Waals surface area contributed by atoms with Crippen molar-refractivity contribution in [1.29, 1.82) is 0 Å². The zero-order chi connectivity index (χ0) is 6.41. The molecular formula is C7H10O. The second kappa shape index (κ2) is 4.42. The lowest BCUT2D eigenvalue weighted by Gasteiger charge is -1.82. The Kier molecular flexibility index (Phi) is 4.01. The van der Waals surface area contributed by atoms with Gasteiger partial charge >= 0.3 is 0 Å². The Morgan fingerprint density at radius 2 is 2.38 bits per heavy atom. The van der Waals surface area contributed by atoms with Gasteiger partial charge in [-0.25, -0.2) is 0 Å². The van der Waals surface area contributed by atoms with Gasteiger partial charge in [-0.1, -0.05) is 25.3 Å². The minimum Gasteiger partial charge on any atom is -0.384 e. The number of hydrogen-bond acceptors (Lipinski definition) is 1. The van der Waals surface area contributed by atoms with Gasteiger partial charge in [0.1, 0.15) is 6.61 Å². The summed E-state index contributed by atoms with van der Waals surface area (Å²) in [5.74, 6) is 5.19. The zero-order valence-electron chi connectivity index (χ0n) is 5.07. The van der Waals surface area contributed by atoms with Crippen LogP contribution in [-0.2, 0) is 0 Å². The zero-order valence-corrected chi connectivity index (χ0v) is 5.07. The molecule has 0 aliphatic carbocycles. The molecule has 0 aromatic rings. The molecule has 44 valence electrons. The number of aliphatic hydroxyl groups excluding tert-OH is 1. The van der Waals surface area contributed by atoms with Crippen molar-refractivity contribution in [3.63, 3.8) is 0 Å². The van der Waals surface area contributed by atoms with Gasteiger partial charge in [-0.05, 0) is 12.0 Å². The first kappa shape index (κ1) is 7.26. The summed E-state index contributed by atoms with van der Waals surface area (Å²) in [5, 5.41) is 8.20. The maximum absolute atomic E-state index is 8.20. The van der Waals surface area contributed by atoms with Gasteiger partial charge in [-0.15, -0.1) is 0 Å². The van der Waals surface area contributed by atoms with E-state index in [4.69, 9.17) is 5.11 Å². The molecule has 0 saturated carbocycles. The Morgan fingerprint density at radius 1 is 1.75 bits per heavy atom. The van der Waals surface area contributed by atoms with Crippen LogP contribution in [0.3, 0.4) is 0 Å². The van der Waals surface area contributed by atoms with Crippen LogP contribution in [0, 0.1) is 11.8 Å². The summed E-state index contributed by atoms with van der Waals surface area (Å²) >= 11 is 0. The fourth-order valence-electron chi connectivity index (χ4n) is 0.253. The summed E-state index contributed by atoms with van der Waals surface area (Å²) < 4.78 is 0. The van der Waals surface area contributed by atoms with Gasteiger partial charge in [0.25, 0.3) is 0 Å². The summed E-state index contributed by atoms with van der Waals surface area (Å²) in [6, 6.07) is 0. The lowest BCUT2D eigenvalue weighted by molar-refractivity contribution is 0.350. The predicted molar refractivity (Wildman–Crippen MR) is 34.3 cm³/mol. The van der Waals surface area contributed by atoms with E-state index in [1.54, 1.807) is 0 Å². The molecule has 0 bridgehead atoms. The first-order chi connectivity index (χ1) is 3.81. The van der Waals surface area contributed by atoms with Gasteiger partial charge in [0, 0.05) is 0 Å². The van der Waals surface area contributed by atoms with Crippen LogP contribution >= 0.6 is 0 Å². The number of rotatable bonds is 1. The van der Waals surface area contributed by atoms with Crippen molar-refractivity contribution < 1.29 is 5.11 Å². The molecule has 0 aliphatic rings. The Morgan fingerprint density at radius 3 is 2.75 bits per heavy atom. The van der Waals surface area contributed by atoms with Crippen molar-refractivity contribution in [3.05, 3.63) is 12.2 Å². The molecule has 0 aromatic heterocycles. The molecule has 0 spiro atoms. The second-order valence-electron chi connectivity index (χ2n) is 1.42. The summed E-state index contributed by atoms with van der Waals surface area (Å²) in [5.41, 5.74) is 0.874. The van der Waals surface area contributed by atoms with E-state index in [1.807, 2.05) is 6.92 Å². The average molecular weight is 110 g/mol. The standard InChI is InChI=1S/C7H10O/c1-3-7(2)5-4-6-8/h8H,2-3,6H2,1H3. The second-order valence-corrected chi connectivity index (χ2v) is 1.42. The van der Waals surface area contributed by atoms with Crippen LogP contribution in [0.1, 0.15) is 13.3 Å². The molecule has 0 fully saturated rings. The van der Waals surface area contributed by atoms with E-state index in [0.717, 1.165) is 12.0 Å². The molecule has 0 aliphatic heterocycles. The minimum absolute atomic E-state index is 0.0704. The fraction of sp³-hybridized carbons (Fsp3) is 0.429. The molecule has 1 heteroatoms. The van der Waals surface area contributed by atoms with Crippen LogP contribution in [0.15, 0.2) is 12.2 Å². The predicted octanol–water partition coefficient (Wildman–Crippen LogP) is 0.948. The fourth-order valence-corrected chi connectivity index (χ4v) is 0.253.